The topological polar surface area (TPSA) is 80.8 Å². The number of hydrogen-bond acceptors (Lipinski definition) is 5. The predicted octanol–water partition coefficient (Wildman–Crippen LogP) is 1.47. The molecule has 0 aromatic carbocycles. The predicted molar refractivity (Wildman–Crippen MR) is 82.1 cm³/mol. The van der Waals surface area contributed by atoms with E-state index >= 15 is 0 Å². The number of ether oxygens (including phenoxy) is 1. The van der Waals surface area contributed by atoms with Gasteiger partial charge >= 0.3 is 5.97 Å². The van der Waals surface area contributed by atoms with Crippen LogP contribution in [0.3, 0.4) is 0 Å². The van der Waals surface area contributed by atoms with Gasteiger partial charge in [0.1, 0.15) is 11.6 Å². The molecule has 0 aliphatic heterocycles. The van der Waals surface area contributed by atoms with Gasteiger partial charge in [-0.25, -0.2) is 0 Å². The molecule has 0 atom stereocenters. The number of amides is 1. The van der Waals surface area contributed by atoms with E-state index in [4.69, 9.17) is 4.74 Å². The van der Waals surface area contributed by atoms with Crippen LogP contribution in [0.2, 0.25) is 0 Å². The highest BCUT2D eigenvalue weighted by atomic mass is 16.5. The van der Waals surface area contributed by atoms with Gasteiger partial charge in [-0.1, -0.05) is 5.73 Å². The zero-order valence-corrected chi connectivity index (χ0v) is 13.5. The summed E-state index contributed by atoms with van der Waals surface area (Å²) in [6.07, 6.45) is -0.329. The number of carbonyl (C=O) groups is 4. The Hall–Kier alpha value is -2.86. The fourth-order valence-electron chi connectivity index (χ4n) is 1.55. The average molecular weight is 317 g/mol. The molecule has 0 heterocycles. The molecular weight excluding hydrogens is 298 g/mol. The Labute approximate surface area is 135 Å². The Balaban J connectivity index is 4.65. The van der Waals surface area contributed by atoms with E-state index in [2.05, 4.69) is 29.5 Å². The van der Waals surface area contributed by atoms with E-state index in [9.17, 15) is 19.2 Å². The van der Waals surface area contributed by atoms with Crippen LogP contribution in [-0.4, -0.2) is 41.4 Å². The van der Waals surface area contributed by atoms with Crippen molar-refractivity contribution in [3.8, 4) is 0 Å². The summed E-state index contributed by atoms with van der Waals surface area (Å²) in [5.41, 5.74) is 9.65. The molecule has 0 aromatic rings. The van der Waals surface area contributed by atoms with Crippen molar-refractivity contribution in [1.82, 2.24) is 4.90 Å². The second-order valence-corrected chi connectivity index (χ2v) is 4.74. The van der Waals surface area contributed by atoms with Gasteiger partial charge in [-0.05, 0) is 37.6 Å². The van der Waals surface area contributed by atoms with Crippen LogP contribution in [0, 0.1) is 0 Å². The van der Waals surface area contributed by atoms with E-state index < -0.39 is 11.9 Å². The molecule has 0 aliphatic rings. The second-order valence-electron chi connectivity index (χ2n) is 4.74. The molecule has 0 aliphatic carbocycles. The minimum absolute atomic E-state index is 0.154. The molecule has 0 spiro atoms. The molecule has 6 nitrogen and oxygen atoms in total. The van der Waals surface area contributed by atoms with E-state index in [1.807, 2.05) is 0 Å². The summed E-state index contributed by atoms with van der Waals surface area (Å²) in [5.74, 6) is -1.41. The zero-order valence-electron chi connectivity index (χ0n) is 13.5. The quantitative estimate of drug-likeness (QED) is 0.385. The standard InChI is InChI=1S/C17H19NO5/c1-5-6-7-8-15(4)23-17(22)10-9-16(21)18(11-13(2)19)12-14(3)20/h1,9-12H2,2-4H3. The molecule has 0 N–H and O–H groups in total. The number of Topliss-reactive ketones (excluding diaryl/α,β-unsaturated/α-hetero) is 2. The van der Waals surface area contributed by atoms with Crippen LogP contribution >= 0.6 is 0 Å². The van der Waals surface area contributed by atoms with Gasteiger partial charge in [-0.3, -0.25) is 19.2 Å². The molecule has 0 rings (SSSR count). The van der Waals surface area contributed by atoms with Gasteiger partial charge in [0.2, 0.25) is 5.91 Å². The summed E-state index contributed by atoms with van der Waals surface area (Å²) in [4.78, 5) is 46.9. The normalized spacial score (nSPS) is 8.65. The van der Waals surface area contributed by atoms with E-state index in [0.29, 0.717) is 0 Å². The lowest BCUT2D eigenvalue weighted by Gasteiger charge is -2.19. The van der Waals surface area contributed by atoms with E-state index in [-0.39, 0.29) is 43.3 Å². The smallest absolute Gasteiger partial charge is 0.312 e. The number of esters is 1. The lowest BCUT2D eigenvalue weighted by molar-refractivity contribution is -0.143. The van der Waals surface area contributed by atoms with Crippen molar-refractivity contribution in [3.63, 3.8) is 0 Å². The summed E-state index contributed by atoms with van der Waals surface area (Å²) in [6.45, 7) is 7.10. The van der Waals surface area contributed by atoms with E-state index in [1.165, 1.54) is 20.8 Å². The SMILES string of the molecule is C=C=C=C=C=C(C)OC(=O)CCC(=O)N(CC(C)=O)CC(C)=O. The first-order valence-electron chi connectivity index (χ1n) is 6.85. The van der Waals surface area contributed by atoms with Crippen molar-refractivity contribution < 1.29 is 23.9 Å². The van der Waals surface area contributed by atoms with Gasteiger partial charge in [0, 0.05) is 13.3 Å². The summed E-state index contributed by atoms with van der Waals surface area (Å²) in [7, 11) is 0. The maximum absolute atomic E-state index is 12.0. The maximum Gasteiger partial charge on any atom is 0.312 e. The third-order valence-electron chi connectivity index (χ3n) is 2.38. The van der Waals surface area contributed by atoms with Crippen molar-refractivity contribution in [3.05, 3.63) is 35.3 Å². The molecular formula is C17H19NO5. The Bertz CT molecular complexity index is 634. The van der Waals surface area contributed by atoms with Crippen LogP contribution in [0.1, 0.15) is 33.6 Å². The monoisotopic (exact) mass is 317 g/mol. The first-order chi connectivity index (χ1) is 10.8. The van der Waals surface area contributed by atoms with Crippen molar-refractivity contribution in [2.24, 2.45) is 0 Å². The van der Waals surface area contributed by atoms with E-state index in [1.54, 1.807) is 0 Å². The molecule has 1 amide bonds. The van der Waals surface area contributed by atoms with Crippen LogP contribution in [0.15, 0.2) is 35.3 Å². The molecule has 0 radical (unpaired) electrons. The van der Waals surface area contributed by atoms with Crippen LogP contribution in [0.25, 0.3) is 0 Å². The minimum atomic E-state index is -0.627. The van der Waals surface area contributed by atoms with Crippen LogP contribution < -0.4 is 0 Å². The van der Waals surface area contributed by atoms with Gasteiger partial charge in [0.05, 0.1) is 19.5 Å². The Morgan fingerprint density at radius 3 is 2.00 bits per heavy atom. The summed E-state index contributed by atoms with van der Waals surface area (Å²) in [5, 5.41) is 0. The van der Waals surface area contributed by atoms with Crippen LogP contribution in [0.5, 0.6) is 0 Å². The van der Waals surface area contributed by atoms with Crippen molar-refractivity contribution in [2.45, 2.75) is 33.6 Å². The molecule has 23 heavy (non-hydrogen) atoms. The van der Waals surface area contributed by atoms with Gasteiger partial charge in [0.15, 0.2) is 5.76 Å². The van der Waals surface area contributed by atoms with Crippen LogP contribution in [0.4, 0.5) is 0 Å². The highest BCUT2D eigenvalue weighted by Gasteiger charge is 2.18. The lowest BCUT2D eigenvalue weighted by atomic mass is 10.2. The highest BCUT2D eigenvalue weighted by Crippen LogP contribution is 2.03. The second kappa shape index (κ2) is 10.8. The highest BCUT2D eigenvalue weighted by molar-refractivity contribution is 5.90. The molecule has 6 heteroatoms. The molecule has 0 aromatic heterocycles. The van der Waals surface area contributed by atoms with E-state index in [0.717, 1.165) is 4.90 Å². The van der Waals surface area contributed by atoms with Gasteiger partial charge < -0.3 is 9.64 Å². The van der Waals surface area contributed by atoms with Crippen LogP contribution in [-0.2, 0) is 23.9 Å². The van der Waals surface area contributed by atoms with Gasteiger partial charge in [0.25, 0.3) is 0 Å². The summed E-state index contributed by atoms with van der Waals surface area (Å²) in [6, 6.07) is 0. The number of rotatable bonds is 8. The largest absolute Gasteiger partial charge is 0.422 e. The Morgan fingerprint density at radius 2 is 1.52 bits per heavy atom. The first kappa shape index (κ1) is 20.1. The third kappa shape index (κ3) is 10.5. The first-order valence-corrected chi connectivity index (χ1v) is 6.85. The molecule has 0 saturated heterocycles. The Kier molecular flexibility index (Phi) is 9.46. The fourth-order valence-corrected chi connectivity index (χ4v) is 1.55. The zero-order chi connectivity index (χ0) is 17.8. The van der Waals surface area contributed by atoms with Gasteiger partial charge in [-0.2, -0.15) is 0 Å². The third-order valence-corrected chi connectivity index (χ3v) is 2.38. The number of nitrogens with zero attached hydrogens (tertiary/aromatic N) is 1. The number of hydrogen-bond donors (Lipinski definition) is 0. The molecule has 0 fully saturated rings. The molecule has 0 unspecified atom stereocenters. The molecule has 122 valence electrons. The number of allylic oxidation sites excluding steroid dienone is 1. The summed E-state index contributed by atoms with van der Waals surface area (Å²) < 4.78 is 4.90. The molecule has 0 bridgehead atoms. The summed E-state index contributed by atoms with van der Waals surface area (Å²) >= 11 is 0. The van der Waals surface area contributed by atoms with Crippen molar-refractivity contribution in [2.75, 3.05) is 13.1 Å². The Morgan fingerprint density at radius 1 is 0.957 bits per heavy atom. The average Bonchev–Trinajstić information content (AvgIpc) is 2.43. The van der Waals surface area contributed by atoms with Crippen molar-refractivity contribution in [1.29, 1.82) is 0 Å². The van der Waals surface area contributed by atoms with Crippen molar-refractivity contribution >= 4 is 23.4 Å². The number of ketones is 2. The fraction of sp³-hybridized carbons (Fsp3) is 0.412. The maximum atomic E-state index is 12.0. The van der Waals surface area contributed by atoms with Gasteiger partial charge in [-0.15, -0.1) is 0 Å². The number of carbonyl (C=O) groups excluding carboxylic acids is 4. The molecule has 0 saturated carbocycles. The minimum Gasteiger partial charge on any atom is -0.422 e. The lowest BCUT2D eigenvalue weighted by Crippen LogP contribution is -2.38.